The van der Waals surface area contributed by atoms with Crippen molar-refractivity contribution in [2.24, 2.45) is 11.1 Å². The summed E-state index contributed by atoms with van der Waals surface area (Å²) in [6.45, 7) is 11.1. The second-order valence-electron chi connectivity index (χ2n) is 6.11. The Morgan fingerprint density at radius 3 is 2.33 bits per heavy atom. The van der Waals surface area contributed by atoms with Gasteiger partial charge in [-0.05, 0) is 30.9 Å². The number of hydrogen-bond acceptors (Lipinski definition) is 3. The zero-order chi connectivity index (χ0) is 13.9. The highest BCUT2D eigenvalue weighted by Gasteiger charge is 2.24. The third kappa shape index (κ3) is 3.45. The van der Waals surface area contributed by atoms with Gasteiger partial charge in [0.05, 0.1) is 17.6 Å². The minimum Gasteiger partial charge on any atom is -0.370 e. The first-order valence-electron chi connectivity index (χ1n) is 6.71. The van der Waals surface area contributed by atoms with Crippen LogP contribution in [0.5, 0.6) is 0 Å². The van der Waals surface area contributed by atoms with Crippen molar-refractivity contribution in [1.82, 2.24) is 4.98 Å². The molecule has 1 unspecified atom stereocenters. The Hall–Kier alpha value is -1.09. The molecule has 0 aromatic carbocycles. The van der Waals surface area contributed by atoms with E-state index in [4.69, 9.17) is 5.73 Å². The van der Waals surface area contributed by atoms with Gasteiger partial charge in [-0.1, -0.05) is 27.7 Å². The van der Waals surface area contributed by atoms with Gasteiger partial charge in [0, 0.05) is 19.1 Å². The average molecular weight is 249 g/mol. The largest absolute Gasteiger partial charge is 0.370 e. The van der Waals surface area contributed by atoms with E-state index in [0.717, 1.165) is 17.8 Å². The molecule has 3 heteroatoms. The first kappa shape index (κ1) is 15.0. The maximum absolute atomic E-state index is 5.97. The number of nitrogens with zero attached hydrogens (tertiary/aromatic N) is 2. The zero-order valence-corrected chi connectivity index (χ0v) is 12.6. The second kappa shape index (κ2) is 5.70. The van der Waals surface area contributed by atoms with Gasteiger partial charge >= 0.3 is 0 Å². The molecular weight excluding hydrogens is 222 g/mol. The van der Waals surface area contributed by atoms with Gasteiger partial charge in [-0.15, -0.1) is 0 Å². The fraction of sp³-hybridized carbons (Fsp3) is 0.667. The molecule has 0 saturated carbocycles. The molecule has 0 aliphatic heterocycles. The molecule has 1 aromatic heterocycles. The standard InChI is InChI=1S/C15H27N3/c1-7-13(16)14-9-8-12(10-17-14)18(6)11(2)15(3,4)5/h8-11,13H,7,16H2,1-6H3/t11?,13-/m0/s1. The van der Waals surface area contributed by atoms with Crippen LogP contribution >= 0.6 is 0 Å². The van der Waals surface area contributed by atoms with Crippen LogP contribution in [0.3, 0.4) is 0 Å². The molecule has 0 bridgehead atoms. The summed E-state index contributed by atoms with van der Waals surface area (Å²) in [7, 11) is 2.12. The molecule has 0 aliphatic rings. The summed E-state index contributed by atoms with van der Waals surface area (Å²) < 4.78 is 0. The number of pyridine rings is 1. The molecule has 1 rings (SSSR count). The van der Waals surface area contributed by atoms with Gasteiger partial charge in [0.2, 0.25) is 0 Å². The van der Waals surface area contributed by atoms with Crippen LogP contribution in [0.15, 0.2) is 18.3 Å². The quantitative estimate of drug-likeness (QED) is 0.889. The van der Waals surface area contributed by atoms with Gasteiger partial charge in [0.15, 0.2) is 0 Å². The molecule has 0 amide bonds. The summed E-state index contributed by atoms with van der Waals surface area (Å²) in [4.78, 5) is 6.74. The third-order valence-electron chi connectivity index (χ3n) is 3.83. The number of aromatic nitrogens is 1. The highest BCUT2D eigenvalue weighted by Crippen LogP contribution is 2.27. The molecule has 0 aliphatic carbocycles. The Morgan fingerprint density at radius 1 is 1.33 bits per heavy atom. The molecule has 0 spiro atoms. The van der Waals surface area contributed by atoms with Gasteiger partial charge in [-0.2, -0.15) is 0 Å². The molecule has 1 aromatic rings. The summed E-state index contributed by atoms with van der Waals surface area (Å²) in [5, 5.41) is 0. The fourth-order valence-corrected chi connectivity index (χ4v) is 1.84. The van der Waals surface area contributed by atoms with Crippen molar-refractivity contribution in [3.05, 3.63) is 24.0 Å². The first-order valence-corrected chi connectivity index (χ1v) is 6.71. The van der Waals surface area contributed by atoms with Crippen molar-refractivity contribution in [2.75, 3.05) is 11.9 Å². The third-order valence-corrected chi connectivity index (χ3v) is 3.83. The first-order chi connectivity index (χ1) is 8.27. The predicted molar refractivity (Wildman–Crippen MR) is 78.8 cm³/mol. The molecule has 18 heavy (non-hydrogen) atoms. The van der Waals surface area contributed by atoms with E-state index >= 15 is 0 Å². The van der Waals surface area contributed by atoms with E-state index in [1.807, 2.05) is 12.3 Å². The van der Waals surface area contributed by atoms with Crippen molar-refractivity contribution < 1.29 is 0 Å². The number of nitrogens with two attached hydrogens (primary N) is 1. The second-order valence-corrected chi connectivity index (χ2v) is 6.11. The maximum Gasteiger partial charge on any atom is 0.0572 e. The zero-order valence-electron chi connectivity index (χ0n) is 12.6. The Morgan fingerprint density at radius 2 is 1.94 bits per heavy atom. The van der Waals surface area contributed by atoms with E-state index in [9.17, 15) is 0 Å². The van der Waals surface area contributed by atoms with Gasteiger partial charge in [-0.25, -0.2) is 0 Å². The molecule has 1 heterocycles. The molecular formula is C15H27N3. The number of hydrogen-bond donors (Lipinski definition) is 1. The molecule has 2 atom stereocenters. The lowest BCUT2D eigenvalue weighted by atomic mass is 9.87. The lowest BCUT2D eigenvalue weighted by Gasteiger charge is -2.36. The van der Waals surface area contributed by atoms with Gasteiger partial charge in [0.1, 0.15) is 0 Å². The lowest BCUT2D eigenvalue weighted by molar-refractivity contribution is 0.329. The van der Waals surface area contributed by atoms with Crippen molar-refractivity contribution >= 4 is 5.69 Å². The Kier molecular flexibility index (Phi) is 4.74. The van der Waals surface area contributed by atoms with Crippen molar-refractivity contribution in [3.63, 3.8) is 0 Å². The van der Waals surface area contributed by atoms with Crippen LogP contribution in [0, 0.1) is 5.41 Å². The van der Waals surface area contributed by atoms with Crippen molar-refractivity contribution in [1.29, 1.82) is 0 Å². The number of rotatable bonds is 4. The highest BCUT2D eigenvalue weighted by atomic mass is 15.1. The highest BCUT2D eigenvalue weighted by molar-refractivity contribution is 5.45. The van der Waals surface area contributed by atoms with E-state index < -0.39 is 0 Å². The molecule has 0 fully saturated rings. The van der Waals surface area contributed by atoms with Gasteiger partial charge in [0.25, 0.3) is 0 Å². The number of anilines is 1. The van der Waals surface area contributed by atoms with Gasteiger partial charge in [-0.3, -0.25) is 4.98 Å². The van der Waals surface area contributed by atoms with Crippen LogP contribution in [-0.4, -0.2) is 18.1 Å². The van der Waals surface area contributed by atoms with E-state index in [2.05, 4.69) is 57.6 Å². The van der Waals surface area contributed by atoms with E-state index in [1.54, 1.807) is 0 Å². The summed E-state index contributed by atoms with van der Waals surface area (Å²) in [6, 6.07) is 4.64. The Bertz CT molecular complexity index is 364. The monoisotopic (exact) mass is 249 g/mol. The van der Waals surface area contributed by atoms with E-state index in [1.165, 1.54) is 0 Å². The van der Waals surface area contributed by atoms with Crippen LogP contribution in [0.2, 0.25) is 0 Å². The topological polar surface area (TPSA) is 42.1 Å². The SMILES string of the molecule is CC[C@H](N)c1ccc(N(C)C(C)C(C)(C)C)cn1. The minimum absolute atomic E-state index is 0.0457. The summed E-state index contributed by atoms with van der Waals surface area (Å²) >= 11 is 0. The fourth-order valence-electron chi connectivity index (χ4n) is 1.84. The lowest BCUT2D eigenvalue weighted by Crippen LogP contribution is -2.39. The molecule has 102 valence electrons. The Labute approximate surface area is 111 Å². The van der Waals surface area contributed by atoms with Crippen LogP contribution in [0.1, 0.15) is 52.8 Å². The normalized spacial score (nSPS) is 15.3. The van der Waals surface area contributed by atoms with Crippen molar-refractivity contribution in [2.45, 2.75) is 53.1 Å². The minimum atomic E-state index is 0.0457. The molecule has 0 saturated heterocycles. The summed E-state index contributed by atoms with van der Waals surface area (Å²) in [6.07, 6.45) is 2.84. The van der Waals surface area contributed by atoms with E-state index in [-0.39, 0.29) is 11.5 Å². The van der Waals surface area contributed by atoms with Crippen LogP contribution in [0.4, 0.5) is 5.69 Å². The molecule has 0 radical (unpaired) electrons. The van der Waals surface area contributed by atoms with E-state index in [0.29, 0.717) is 6.04 Å². The molecule has 2 N–H and O–H groups in total. The maximum atomic E-state index is 5.97. The van der Waals surface area contributed by atoms with Crippen LogP contribution in [-0.2, 0) is 0 Å². The van der Waals surface area contributed by atoms with Crippen LogP contribution in [0.25, 0.3) is 0 Å². The Balaban J connectivity index is 2.85. The van der Waals surface area contributed by atoms with Crippen molar-refractivity contribution in [3.8, 4) is 0 Å². The average Bonchev–Trinajstić information content (AvgIpc) is 2.35. The van der Waals surface area contributed by atoms with Crippen LogP contribution < -0.4 is 10.6 Å². The molecule has 3 nitrogen and oxygen atoms in total. The predicted octanol–water partition coefficient (Wildman–Crippen LogP) is 3.36. The summed E-state index contributed by atoms with van der Waals surface area (Å²) in [5.74, 6) is 0. The van der Waals surface area contributed by atoms with Gasteiger partial charge < -0.3 is 10.6 Å². The summed E-state index contributed by atoms with van der Waals surface area (Å²) in [5.41, 5.74) is 8.33. The smallest absolute Gasteiger partial charge is 0.0572 e.